The number of amides is 1. The van der Waals surface area contributed by atoms with Crippen LogP contribution in [-0.4, -0.2) is 40.6 Å². The van der Waals surface area contributed by atoms with Crippen molar-refractivity contribution in [1.82, 2.24) is 14.8 Å². The standard InChI is InChI=1S/C26H26N4O3S2/c1-18-9-12-21(13-10-18)34-16-24-28-29-26(30(24)19-7-5-4-6-8-19)35-17-25(31)27-22-14-11-20(32-2)15-23(22)33-3/h4-15H,16-17H2,1-3H3,(H,27,31). The summed E-state index contributed by atoms with van der Waals surface area (Å²) >= 11 is 3.04. The number of hydrogen-bond acceptors (Lipinski definition) is 7. The van der Waals surface area contributed by atoms with Gasteiger partial charge in [-0.1, -0.05) is 47.7 Å². The molecule has 1 N–H and O–H groups in total. The number of para-hydroxylation sites is 1. The number of aryl methyl sites for hydroxylation is 1. The molecule has 0 aliphatic carbocycles. The molecule has 0 radical (unpaired) electrons. The third kappa shape index (κ3) is 6.37. The summed E-state index contributed by atoms with van der Waals surface area (Å²) in [6, 6.07) is 23.6. The Morgan fingerprint density at radius 2 is 1.71 bits per heavy atom. The molecular formula is C26H26N4O3S2. The summed E-state index contributed by atoms with van der Waals surface area (Å²) < 4.78 is 12.6. The lowest BCUT2D eigenvalue weighted by molar-refractivity contribution is -0.113. The van der Waals surface area contributed by atoms with Gasteiger partial charge in [0.05, 0.1) is 31.4 Å². The molecule has 180 valence electrons. The van der Waals surface area contributed by atoms with Gasteiger partial charge in [-0.05, 0) is 43.3 Å². The predicted octanol–water partition coefficient (Wildman–Crippen LogP) is 5.62. The van der Waals surface area contributed by atoms with Crippen molar-refractivity contribution in [3.05, 3.63) is 84.2 Å². The smallest absolute Gasteiger partial charge is 0.234 e. The van der Waals surface area contributed by atoms with E-state index in [9.17, 15) is 4.79 Å². The van der Waals surface area contributed by atoms with Crippen LogP contribution in [-0.2, 0) is 10.5 Å². The van der Waals surface area contributed by atoms with E-state index in [4.69, 9.17) is 9.47 Å². The minimum absolute atomic E-state index is 0.170. The highest BCUT2D eigenvalue weighted by atomic mass is 32.2. The first-order valence-corrected chi connectivity index (χ1v) is 12.9. The highest BCUT2D eigenvalue weighted by Gasteiger charge is 2.17. The number of anilines is 1. The summed E-state index contributed by atoms with van der Waals surface area (Å²) in [6.07, 6.45) is 0. The largest absolute Gasteiger partial charge is 0.497 e. The van der Waals surface area contributed by atoms with Crippen molar-refractivity contribution < 1.29 is 14.3 Å². The van der Waals surface area contributed by atoms with Crippen LogP contribution in [0.2, 0.25) is 0 Å². The SMILES string of the molecule is COc1ccc(NC(=O)CSc2nnc(CSc3ccc(C)cc3)n2-c2ccccc2)c(OC)c1. The Balaban J connectivity index is 1.48. The maximum atomic E-state index is 12.7. The Morgan fingerprint density at radius 1 is 0.943 bits per heavy atom. The minimum Gasteiger partial charge on any atom is -0.497 e. The first-order valence-electron chi connectivity index (χ1n) is 10.9. The number of nitrogens with one attached hydrogen (secondary N) is 1. The molecule has 1 heterocycles. The van der Waals surface area contributed by atoms with Crippen molar-refractivity contribution in [2.75, 3.05) is 25.3 Å². The highest BCUT2D eigenvalue weighted by molar-refractivity contribution is 7.99. The molecule has 0 unspecified atom stereocenters. The van der Waals surface area contributed by atoms with Gasteiger partial charge in [0.2, 0.25) is 5.91 Å². The first kappa shape index (κ1) is 24.7. The molecule has 3 aromatic carbocycles. The van der Waals surface area contributed by atoms with Gasteiger partial charge in [-0.15, -0.1) is 22.0 Å². The van der Waals surface area contributed by atoms with E-state index >= 15 is 0 Å². The molecule has 1 amide bonds. The van der Waals surface area contributed by atoms with Gasteiger partial charge in [-0.2, -0.15) is 0 Å². The van der Waals surface area contributed by atoms with Gasteiger partial charge >= 0.3 is 0 Å². The van der Waals surface area contributed by atoms with Crippen LogP contribution in [0.4, 0.5) is 5.69 Å². The van der Waals surface area contributed by atoms with E-state index in [-0.39, 0.29) is 11.7 Å². The van der Waals surface area contributed by atoms with Crippen molar-refractivity contribution in [2.24, 2.45) is 0 Å². The van der Waals surface area contributed by atoms with E-state index in [1.165, 1.54) is 22.2 Å². The van der Waals surface area contributed by atoms with Crippen LogP contribution < -0.4 is 14.8 Å². The maximum Gasteiger partial charge on any atom is 0.234 e. The molecule has 0 fully saturated rings. The number of benzene rings is 3. The van der Waals surface area contributed by atoms with Gasteiger partial charge < -0.3 is 14.8 Å². The third-order valence-corrected chi connectivity index (χ3v) is 7.06. The number of ether oxygens (including phenoxy) is 2. The van der Waals surface area contributed by atoms with Gasteiger partial charge in [0, 0.05) is 16.6 Å². The van der Waals surface area contributed by atoms with Gasteiger partial charge in [-0.3, -0.25) is 9.36 Å². The Morgan fingerprint density at radius 3 is 2.43 bits per heavy atom. The van der Waals surface area contributed by atoms with Crippen molar-refractivity contribution in [3.63, 3.8) is 0 Å². The number of carbonyl (C=O) groups is 1. The Bertz CT molecular complexity index is 1280. The van der Waals surface area contributed by atoms with Crippen LogP contribution in [0.5, 0.6) is 11.5 Å². The maximum absolute atomic E-state index is 12.7. The summed E-state index contributed by atoms with van der Waals surface area (Å²) in [5.41, 5.74) is 2.77. The molecule has 0 bridgehead atoms. The minimum atomic E-state index is -0.170. The molecule has 0 saturated heterocycles. The fraction of sp³-hybridized carbons (Fsp3) is 0.192. The van der Waals surface area contributed by atoms with E-state index in [0.717, 1.165) is 11.5 Å². The van der Waals surface area contributed by atoms with Gasteiger partial charge in [0.25, 0.3) is 0 Å². The second kappa shape index (κ2) is 11.8. The van der Waals surface area contributed by atoms with Crippen molar-refractivity contribution in [1.29, 1.82) is 0 Å². The molecule has 0 saturated carbocycles. The number of rotatable bonds is 10. The number of aromatic nitrogens is 3. The van der Waals surface area contributed by atoms with E-state index in [0.29, 0.717) is 28.1 Å². The van der Waals surface area contributed by atoms with Crippen molar-refractivity contribution >= 4 is 35.1 Å². The lowest BCUT2D eigenvalue weighted by Gasteiger charge is -2.12. The molecular weight excluding hydrogens is 480 g/mol. The second-order valence-electron chi connectivity index (χ2n) is 7.57. The van der Waals surface area contributed by atoms with E-state index < -0.39 is 0 Å². The van der Waals surface area contributed by atoms with E-state index in [1.54, 1.807) is 44.2 Å². The predicted molar refractivity (Wildman–Crippen MR) is 141 cm³/mol. The normalized spacial score (nSPS) is 10.7. The number of nitrogens with zero attached hydrogens (tertiary/aromatic N) is 3. The Labute approximate surface area is 213 Å². The van der Waals surface area contributed by atoms with Crippen LogP contribution in [0.1, 0.15) is 11.4 Å². The van der Waals surface area contributed by atoms with Crippen LogP contribution in [0, 0.1) is 6.92 Å². The molecule has 0 atom stereocenters. The number of hydrogen-bond donors (Lipinski definition) is 1. The summed E-state index contributed by atoms with van der Waals surface area (Å²) in [7, 11) is 3.14. The monoisotopic (exact) mass is 506 g/mol. The number of thioether (sulfide) groups is 2. The first-order chi connectivity index (χ1) is 17.1. The zero-order valence-corrected chi connectivity index (χ0v) is 21.4. The quantitative estimate of drug-likeness (QED) is 0.280. The van der Waals surface area contributed by atoms with Crippen molar-refractivity contribution in [2.45, 2.75) is 22.7 Å². The average Bonchev–Trinajstić information content (AvgIpc) is 3.30. The van der Waals surface area contributed by atoms with Gasteiger partial charge in [0.15, 0.2) is 5.16 Å². The molecule has 0 aliphatic rings. The number of carbonyl (C=O) groups excluding carboxylic acids is 1. The fourth-order valence-corrected chi connectivity index (χ4v) is 4.91. The van der Waals surface area contributed by atoms with Crippen molar-refractivity contribution in [3.8, 4) is 17.2 Å². The van der Waals surface area contributed by atoms with Gasteiger partial charge in [-0.25, -0.2) is 0 Å². The molecule has 1 aromatic heterocycles. The van der Waals surface area contributed by atoms with Crippen LogP contribution >= 0.6 is 23.5 Å². The zero-order valence-electron chi connectivity index (χ0n) is 19.7. The van der Waals surface area contributed by atoms with Crippen LogP contribution in [0.3, 0.4) is 0 Å². The summed E-state index contributed by atoms with van der Waals surface area (Å²) in [6.45, 7) is 2.07. The van der Waals surface area contributed by atoms with Crippen LogP contribution in [0.15, 0.2) is 82.8 Å². The molecule has 35 heavy (non-hydrogen) atoms. The molecule has 7 nitrogen and oxygen atoms in total. The lowest BCUT2D eigenvalue weighted by atomic mass is 10.2. The van der Waals surface area contributed by atoms with E-state index in [1.807, 2.05) is 34.9 Å². The molecule has 0 aliphatic heterocycles. The Kier molecular flexibility index (Phi) is 8.33. The highest BCUT2D eigenvalue weighted by Crippen LogP contribution is 2.30. The lowest BCUT2D eigenvalue weighted by Crippen LogP contribution is -2.15. The molecule has 0 spiro atoms. The molecule has 9 heteroatoms. The van der Waals surface area contributed by atoms with Crippen LogP contribution in [0.25, 0.3) is 5.69 Å². The topological polar surface area (TPSA) is 78.3 Å². The summed E-state index contributed by atoms with van der Waals surface area (Å²) in [4.78, 5) is 13.9. The molecule has 4 rings (SSSR count). The Hall–Kier alpha value is -3.43. The van der Waals surface area contributed by atoms with Gasteiger partial charge in [0.1, 0.15) is 17.3 Å². The molecule has 4 aromatic rings. The number of methoxy groups -OCH3 is 2. The average molecular weight is 507 g/mol. The zero-order chi connectivity index (χ0) is 24.6. The van der Waals surface area contributed by atoms with E-state index in [2.05, 4.69) is 46.7 Å². The summed E-state index contributed by atoms with van der Waals surface area (Å²) in [5, 5.41) is 12.4. The third-order valence-electron chi connectivity index (χ3n) is 5.12. The fourth-order valence-electron chi connectivity index (χ4n) is 3.32. The second-order valence-corrected chi connectivity index (χ2v) is 9.57. The summed E-state index contributed by atoms with van der Waals surface area (Å²) in [5.74, 6) is 2.66.